The van der Waals surface area contributed by atoms with Gasteiger partial charge in [0.2, 0.25) is 0 Å². The number of rotatable bonds is 4. The maximum absolute atomic E-state index is 12.0. The van der Waals surface area contributed by atoms with Gasteiger partial charge < -0.3 is 15.2 Å². The zero-order valence-corrected chi connectivity index (χ0v) is 12.5. The fourth-order valence-corrected chi connectivity index (χ4v) is 1.93. The molecule has 0 radical (unpaired) electrons. The van der Waals surface area contributed by atoms with Gasteiger partial charge in [-0.05, 0) is 29.8 Å². The van der Waals surface area contributed by atoms with E-state index in [1.807, 2.05) is 24.3 Å². The molecule has 2 rings (SSSR count). The zero-order valence-electron chi connectivity index (χ0n) is 10.9. The molecule has 0 bridgehead atoms. The molecule has 2 aromatic carbocycles. The van der Waals surface area contributed by atoms with Crippen LogP contribution in [0, 0.1) is 0 Å². The SMILES string of the molecule is COc1ccc(C(=O)OCc2ccc(Br)cc2)c(N)c1. The second-order valence-electron chi connectivity index (χ2n) is 4.16. The average Bonchev–Trinajstić information content (AvgIpc) is 2.46. The number of benzene rings is 2. The number of esters is 1. The molecule has 2 aromatic rings. The molecule has 0 heterocycles. The van der Waals surface area contributed by atoms with Gasteiger partial charge >= 0.3 is 5.97 Å². The Bertz CT molecular complexity index is 611. The summed E-state index contributed by atoms with van der Waals surface area (Å²) in [5.41, 5.74) is 7.38. The van der Waals surface area contributed by atoms with Crippen molar-refractivity contribution < 1.29 is 14.3 Å². The minimum atomic E-state index is -0.451. The van der Waals surface area contributed by atoms with Crippen molar-refractivity contribution in [2.24, 2.45) is 0 Å². The number of nitrogens with two attached hydrogens (primary N) is 1. The predicted octanol–water partition coefficient (Wildman–Crippen LogP) is 3.40. The molecule has 5 heteroatoms. The van der Waals surface area contributed by atoms with E-state index in [4.69, 9.17) is 15.2 Å². The Morgan fingerprint density at radius 1 is 1.20 bits per heavy atom. The summed E-state index contributed by atoms with van der Waals surface area (Å²) in [5.74, 6) is 0.153. The third-order valence-electron chi connectivity index (χ3n) is 2.76. The second-order valence-corrected chi connectivity index (χ2v) is 5.07. The van der Waals surface area contributed by atoms with Gasteiger partial charge in [0.05, 0.1) is 12.7 Å². The van der Waals surface area contributed by atoms with E-state index in [1.54, 1.807) is 25.3 Å². The lowest BCUT2D eigenvalue weighted by Crippen LogP contribution is -2.08. The molecule has 0 saturated carbocycles. The summed E-state index contributed by atoms with van der Waals surface area (Å²) < 4.78 is 11.2. The lowest BCUT2D eigenvalue weighted by atomic mass is 10.1. The fourth-order valence-electron chi connectivity index (χ4n) is 1.66. The van der Waals surface area contributed by atoms with E-state index in [1.165, 1.54) is 0 Å². The molecular formula is C15H14BrNO3. The Morgan fingerprint density at radius 3 is 2.50 bits per heavy atom. The number of carbonyl (C=O) groups is 1. The van der Waals surface area contributed by atoms with Crippen LogP contribution in [-0.4, -0.2) is 13.1 Å². The Morgan fingerprint density at radius 2 is 1.90 bits per heavy atom. The van der Waals surface area contributed by atoms with Gasteiger partial charge in [0.25, 0.3) is 0 Å². The Balaban J connectivity index is 2.03. The number of anilines is 1. The molecule has 0 aliphatic rings. The summed E-state index contributed by atoms with van der Waals surface area (Å²) in [5, 5.41) is 0. The molecule has 0 atom stereocenters. The van der Waals surface area contributed by atoms with Crippen LogP contribution in [0.25, 0.3) is 0 Å². The lowest BCUT2D eigenvalue weighted by molar-refractivity contribution is 0.0474. The van der Waals surface area contributed by atoms with Crippen molar-refractivity contribution in [3.63, 3.8) is 0 Å². The molecule has 0 saturated heterocycles. The van der Waals surface area contributed by atoms with Gasteiger partial charge in [0, 0.05) is 16.2 Å². The van der Waals surface area contributed by atoms with Crippen LogP contribution < -0.4 is 10.5 Å². The Labute approximate surface area is 125 Å². The highest BCUT2D eigenvalue weighted by molar-refractivity contribution is 9.10. The Hall–Kier alpha value is -2.01. The first kappa shape index (κ1) is 14.4. The maximum Gasteiger partial charge on any atom is 0.340 e. The molecule has 20 heavy (non-hydrogen) atoms. The first-order valence-corrected chi connectivity index (χ1v) is 6.74. The molecule has 0 amide bonds. The van der Waals surface area contributed by atoms with E-state index < -0.39 is 5.97 Å². The van der Waals surface area contributed by atoms with E-state index in [2.05, 4.69) is 15.9 Å². The van der Waals surface area contributed by atoms with Crippen LogP contribution in [0.15, 0.2) is 46.9 Å². The van der Waals surface area contributed by atoms with Gasteiger partial charge in [-0.1, -0.05) is 28.1 Å². The molecule has 0 aliphatic carbocycles. The molecular weight excluding hydrogens is 322 g/mol. The van der Waals surface area contributed by atoms with E-state index in [0.29, 0.717) is 17.0 Å². The standard InChI is InChI=1S/C15H14BrNO3/c1-19-12-6-7-13(14(17)8-12)15(18)20-9-10-2-4-11(16)5-3-10/h2-8H,9,17H2,1H3. The molecule has 4 nitrogen and oxygen atoms in total. The summed E-state index contributed by atoms with van der Waals surface area (Å²) in [7, 11) is 1.54. The molecule has 104 valence electrons. The highest BCUT2D eigenvalue weighted by atomic mass is 79.9. The normalized spacial score (nSPS) is 10.1. The Kier molecular flexibility index (Phi) is 4.63. The first-order valence-electron chi connectivity index (χ1n) is 5.95. The molecule has 0 spiro atoms. The van der Waals surface area contributed by atoms with Gasteiger partial charge in [-0.25, -0.2) is 4.79 Å². The number of ether oxygens (including phenoxy) is 2. The second kappa shape index (κ2) is 6.43. The third-order valence-corrected chi connectivity index (χ3v) is 3.29. The molecule has 0 fully saturated rings. The van der Waals surface area contributed by atoms with Crippen molar-refractivity contribution >= 4 is 27.6 Å². The van der Waals surface area contributed by atoms with E-state index in [9.17, 15) is 4.79 Å². The van der Waals surface area contributed by atoms with Crippen LogP contribution in [0.3, 0.4) is 0 Å². The van der Waals surface area contributed by atoms with Gasteiger partial charge in [0.15, 0.2) is 0 Å². The van der Waals surface area contributed by atoms with Crippen LogP contribution in [0.2, 0.25) is 0 Å². The van der Waals surface area contributed by atoms with Crippen LogP contribution in [0.5, 0.6) is 5.75 Å². The van der Waals surface area contributed by atoms with Gasteiger partial charge in [-0.15, -0.1) is 0 Å². The van der Waals surface area contributed by atoms with Crippen LogP contribution >= 0.6 is 15.9 Å². The monoisotopic (exact) mass is 335 g/mol. The maximum atomic E-state index is 12.0. The van der Waals surface area contributed by atoms with E-state index in [0.717, 1.165) is 10.0 Å². The van der Waals surface area contributed by atoms with Crippen molar-refractivity contribution in [2.75, 3.05) is 12.8 Å². The summed E-state index contributed by atoms with van der Waals surface area (Å²) in [6.07, 6.45) is 0. The van der Waals surface area contributed by atoms with Gasteiger partial charge in [-0.2, -0.15) is 0 Å². The van der Waals surface area contributed by atoms with E-state index in [-0.39, 0.29) is 6.61 Å². The van der Waals surface area contributed by atoms with Crippen molar-refractivity contribution in [2.45, 2.75) is 6.61 Å². The molecule has 0 aromatic heterocycles. The largest absolute Gasteiger partial charge is 0.497 e. The average molecular weight is 336 g/mol. The highest BCUT2D eigenvalue weighted by Gasteiger charge is 2.12. The quantitative estimate of drug-likeness (QED) is 0.687. The van der Waals surface area contributed by atoms with Gasteiger partial charge in [0.1, 0.15) is 12.4 Å². The molecule has 0 unspecified atom stereocenters. The summed E-state index contributed by atoms with van der Waals surface area (Å²) >= 11 is 3.35. The number of nitrogen functional groups attached to an aromatic ring is 1. The third kappa shape index (κ3) is 3.51. The molecule has 0 aliphatic heterocycles. The predicted molar refractivity (Wildman–Crippen MR) is 80.7 cm³/mol. The minimum Gasteiger partial charge on any atom is -0.497 e. The van der Waals surface area contributed by atoms with Crippen molar-refractivity contribution in [3.8, 4) is 5.75 Å². The van der Waals surface area contributed by atoms with Gasteiger partial charge in [-0.3, -0.25) is 0 Å². The minimum absolute atomic E-state index is 0.206. The van der Waals surface area contributed by atoms with Crippen molar-refractivity contribution in [3.05, 3.63) is 58.1 Å². The number of carbonyl (C=O) groups excluding carboxylic acids is 1. The summed E-state index contributed by atoms with van der Waals surface area (Å²) in [6, 6.07) is 12.4. The lowest BCUT2D eigenvalue weighted by Gasteiger charge is -2.08. The smallest absolute Gasteiger partial charge is 0.340 e. The van der Waals surface area contributed by atoms with Crippen molar-refractivity contribution in [1.29, 1.82) is 0 Å². The number of methoxy groups -OCH3 is 1. The van der Waals surface area contributed by atoms with Crippen molar-refractivity contribution in [1.82, 2.24) is 0 Å². The van der Waals surface area contributed by atoms with E-state index >= 15 is 0 Å². The fraction of sp³-hybridized carbons (Fsp3) is 0.133. The van der Waals surface area contributed by atoms with Crippen LogP contribution in [0.4, 0.5) is 5.69 Å². The first-order chi connectivity index (χ1) is 9.60. The number of halogens is 1. The topological polar surface area (TPSA) is 61.5 Å². The van der Waals surface area contributed by atoms with Crippen LogP contribution in [0.1, 0.15) is 15.9 Å². The zero-order chi connectivity index (χ0) is 14.5. The number of hydrogen-bond donors (Lipinski definition) is 1. The molecule has 2 N–H and O–H groups in total. The highest BCUT2D eigenvalue weighted by Crippen LogP contribution is 2.21. The number of hydrogen-bond acceptors (Lipinski definition) is 4. The summed E-state index contributed by atoms with van der Waals surface area (Å²) in [6.45, 7) is 0.206. The summed E-state index contributed by atoms with van der Waals surface area (Å²) in [4.78, 5) is 12.0. The van der Waals surface area contributed by atoms with Crippen LogP contribution in [-0.2, 0) is 11.3 Å².